The first-order chi connectivity index (χ1) is 18.9. The van der Waals surface area contributed by atoms with Crippen LogP contribution in [0.1, 0.15) is 71.3 Å². The minimum atomic E-state index is -1.14. The molecule has 0 unspecified atom stereocenters. The van der Waals surface area contributed by atoms with Gasteiger partial charge in [-0.2, -0.15) is 0 Å². The number of carbonyl (C=O) groups is 3. The number of benzene rings is 1. The van der Waals surface area contributed by atoms with Gasteiger partial charge in [-0.3, -0.25) is 19.9 Å². The summed E-state index contributed by atoms with van der Waals surface area (Å²) in [5.41, 5.74) is 2.28. The number of hydrogen-bond acceptors (Lipinski definition) is 7. The maximum atomic E-state index is 13.9. The molecule has 1 aromatic carbocycles. The lowest BCUT2D eigenvalue weighted by Gasteiger charge is -2.35. The number of carbonyl (C=O) groups excluding carboxylic acids is 2. The molecule has 3 aliphatic rings. The highest BCUT2D eigenvalue weighted by molar-refractivity contribution is 6.32. The number of amides is 2. The average Bonchev–Trinajstić information content (AvgIpc) is 3.50. The fourth-order valence-electron chi connectivity index (χ4n) is 5.90. The van der Waals surface area contributed by atoms with E-state index in [1.54, 1.807) is 18.2 Å². The minimum Gasteiger partial charge on any atom is -0.496 e. The van der Waals surface area contributed by atoms with Crippen LogP contribution in [-0.2, 0) is 19.2 Å². The maximum Gasteiger partial charge on any atom is 0.326 e. The summed E-state index contributed by atoms with van der Waals surface area (Å²) in [5.74, 6) is -0.512. The van der Waals surface area contributed by atoms with E-state index in [-0.39, 0.29) is 18.9 Å². The normalized spacial score (nSPS) is 23.9. The van der Waals surface area contributed by atoms with E-state index in [9.17, 15) is 19.5 Å². The zero-order valence-corrected chi connectivity index (χ0v) is 24.6. The number of carboxylic acids is 1. The molecule has 1 aliphatic carbocycles. The highest BCUT2D eigenvalue weighted by Crippen LogP contribution is 2.42. The summed E-state index contributed by atoms with van der Waals surface area (Å²) in [5, 5.41) is 13.4. The third kappa shape index (κ3) is 6.33. The molecule has 40 heavy (non-hydrogen) atoms. The number of ether oxygens (including phenoxy) is 2. The van der Waals surface area contributed by atoms with Crippen molar-refractivity contribution in [1.82, 2.24) is 15.7 Å². The van der Waals surface area contributed by atoms with Gasteiger partial charge >= 0.3 is 5.97 Å². The fraction of sp³-hybridized carbons (Fsp3) is 0.621. The molecule has 220 valence electrons. The van der Waals surface area contributed by atoms with Crippen molar-refractivity contribution in [3.63, 3.8) is 0 Å². The lowest BCUT2D eigenvalue weighted by atomic mass is 9.84. The second-order valence-electron chi connectivity index (χ2n) is 12.1. The van der Waals surface area contributed by atoms with Gasteiger partial charge < -0.3 is 24.8 Å². The number of nitrogens with zero attached hydrogens (tertiary/aromatic N) is 1. The Labute approximate surface area is 240 Å². The number of hydroxylamine groups is 1. The molecule has 1 saturated heterocycles. The Bertz CT molecular complexity index is 1170. The molecule has 2 heterocycles. The first-order valence-electron chi connectivity index (χ1n) is 13.8. The number of aliphatic carboxylic acids is 1. The summed E-state index contributed by atoms with van der Waals surface area (Å²) in [6.45, 7) is 5.59. The van der Waals surface area contributed by atoms with Gasteiger partial charge in [-0.15, -0.1) is 0 Å². The molecule has 2 amide bonds. The first kappa shape index (κ1) is 30.0. The smallest absolute Gasteiger partial charge is 0.326 e. The lowest BCUT2D eigenvalue weighted by Crippen LogP contribution is -2.57. The molecule has 10 nitrogen and oxygen atoms in total. The van der Waals surface area contributed by atoms with Crippen molar-refractivity contribution >= 4 is 35.1 Å². The van der Waals surface area contributed by atoms with Crippen LogP contribution in [0.25, 0.3) is 5.70 Å². The summed E-state index contributed by atoms with van der Waals surface area (Å²) >= 11 is 6.36. The number of nitrogens with one attached hydrogen (secondary N) is 2. The topological polar surface area (TPSA) is 126 Å². The zero-order chi connectivity index (χ0) is 29.2. The Kier molecular flexibility index (Phi) is 8.89. The van der Waals surface area contributed by atoms with E-state index in [1.807, 2.05) is 20.8 Å². The van der Waals surface area contributed by atoms with Crippen LogP contribution in [0.3, 0.4) is 0 Å². The molecule has 4 rings (SSSR count). The summed E-state index contributed by atoms with van der Waals surface area (Å²) in [7, 11) is 3.02. The Balaban J connectivity index is 1.57. The molecule has 2 aliphatic heterocycles. The van der Waals surface area contributed by atoms with Gasteiger partial charge in [0.05, 0.1) is 31.5 Å². The molecule has 1 saturated carbocycles. The fourth-order valence-corrected chi connectivity index (χ4v) is 6.14. The summed E-state index contributed by atoms with van der Waals surface area (Å²) in [6.07, 6.45) is 7.63. The van der Waals surface area contributed by atoms with Gasteiger partial charge in [0.15, 0.2) is 0 Å². The van der Waals surface area contributed by atoms with Gasteiger partial charge in [0.25, 0.3) is 0 Å². The molecule has 11 heteroatoms. The van der Waals surface area contributed by atoms with Crippen LogP contribution in [-0.4, -0.2) is 66.2 Å². The summed E-state index contributed by atoms with van der Waals surface area (Å²) < 4.78 is 10.8. The lowest BCUT2D eigenvalue weighted by molar-refractivity contribution is -0.150. The van der Waals surface area contributed by atoms with E-state index in [2.05, 4.69) is 10.8 Å². The highest BCUT2D eigenvalue weighted by Gasteiger charge is 2.53. The zero-order valence-electron chi connectivity index (χ0n) is 23.8. The van der Waals surface area contributed by atoms with Crippen molar-refractivity contribution in [3.05, 3.63) is 28.8 Å². The number of methoxy groups -OCH3 is 2. The largest absolute Gasteiger partial charge is 0.496 e. The van der Waals surface area contributed by atoms with E-state index >= 15 is 0 Å². The van der Waals surface area contributed by atoms with Crippen LogP contribution < -0.4 is 20.3 Å². The van der Waals surface area contributed by atoms with Crippen molar-refractivity contribution in [2.45, 2.75) is 83.4 Å². The number of hydrogen-bond donors (Lipinski definition) is 3. The van der Waals surface area contributed by atoms with Gasteiger partial charge in [0.2, 0.25) is 11.8 Å². The quantitative estimate of drug-likeness (QED) is 0.420. The number of carboxylic acid groups (broad SMARTS) is 1. The number of rotatable bonds is 8. The molecule has 2 fully saturated rings. The predicted molar refractivity (Wildman–Crippen MR) is 150 cm³/mol. The average molecular weight is 578 g/mol. The molecular weight excluding hydrogens is 538 g/mol. The summed E-state index contributed by atoms with van der Waals surface area (Å²) in [4.78, 5) is 46.6. The maximum absolute atomic E-state index is 13.9. The highest BCUT2D eigenvalue weighted by atomic mass is 35.5. The number of likely N-dealkylation sites (tertiary alicyclic amines) is 1. The van der Waals surface area contributed by atoms with E-state index in [0.717, 1.165) is 25.7 Å². The molecule has 3 atom stereocenters. The van der Waals surface area contributed by atoms with Crippen molar-refractivity contribution < 1.29 is 33.8 Å². The van der Waals surface area contributed by atoms with Crippen LogP contribution >= 0.6 is 11.6 Å². The van der Waals surface area contributed by atoms with Crippen LogP contribution in [0.5, 0.6) is 11.5 Å². The van der Waals surface area contributed by atoms with Gasteiger partial charge in [-0.25, -0.2) is 4.79 Å². The Hall–Kier alpha value is -2.98. The van der Waals surface area contributed by atoms with E-state index in [4.69, 9.17) is 25.9 Å². The standard InChI is InChI=1S/C29H40ClN3O7/c1-28(2,3)25(31-24(34)11-17-9-7-6-8-10-17)26(35)33-16-29(15-21(33)27(36)37)14-20(32-40-29)18-12-19(30)23(39-5)13-22(18)38-4/h12-14,17,21,25,32H,6-11,15-16H2,1-5H3,(H,31,34)(H,36,37)/t21-,25+,29+/m0/s1. The Morgan fingerprint density at radius 3 is 2.45 bits per heavy atom. The monoisotopic (exact) mass is 577 g/mol. The van der Waals surface area contributed by atoms with Gasteiger partial charge in [-0.1, -0.05) is 51.6 Å². The first-order valence-corrected chi connectivity index (χ1v) is 14.2. The third-order valence-corrected chi connectivity index (χ3v) is 8.37. The molecule has 0 bridgehead atoms. The van der Waals surface area contributed by atoms with Crippen LogP contribution in [0.4, 0.5) is 0 Å². The van der Waals surface area contributed by atoms with Gasteiger partial charge in [-0.05, 0) is 36.3 Å². The van der Waals surface area contributed by atoms with Crippen molar-refractivity contribution in [3.8, 4) is 11.5 Å². The van der Waals surface area contributed by atoms with Gasteiger partial charge in [0, 0.05) is 24.5 Å². The van der Waals surface area contributed by atoms with E-state index in [1.165, 1.54) is 25.5 Å². The molecular formula is C29H40ClN3O7. The van der Waals surface area contributed by atoms with Crippen LogP contribution in [0.2, 0.25) is 5.02 Å². The molecule has 1 spiro atoms. The van der Waals surface area contributed by atoms with Crippen LogP contribution in [0, 0.1) is 11.3 Å². The van der Waals surface area contributed by atoms with E-state index < -0.39 is 35.0 Å². The van der Waals surface area contributed by atoms with Crippen molar-refractivity contribution in [1.29, 1.82) is 0 Å². The van der Waals surface area contributed by atoms with E-state index in [0.29, 0.717) is 40.1 Å². The molecule has 0 radical (unpaired) electrons. The second-order valence-corrected chi connectivity index (χ2v) is 12.5. The Morgan fingerprint density at radius 1 is 1.18 bits per heavy atom. The van der Waals surface area contributed by atoms with Crippen molar-refractivity contribution in [2.24, 2.45) is 11.3 Å². The molecule has 3 N–H and O–H groups in total. The molecule has 1 aromatic rings. The number of halogens is 1. The van der Waals surface area contributed by atoms with Crippen LogP contribution in [0.15, 0.2) is 18.2 Å². The Morgan fingerprint density at radius 2 is 1.85 bits per heavy atom. The summed E-state index contributed by atoms with van der Waals surface area (Å²) in [6, 6.07) is 1.30. The third-order valence-electron chi connectivity index (χ3n) is 8.07. The van der Waals surface area contributed by atoms with Gasteiger partial charge in [0.1, 0.15) is 29.2 Å². The minimum absolute atomic E-state index is 0.00340. The predicted octanol–water partition coefficient (Wildman–Crippen LogP) is 4.16. The van der Waals surface area contributed by atoms with Crippen molar-refractivity contribution in [2.75, 3.05) is 20.8 Å². The molecule has 0 aromatic heterocycles. The second kappa shape index (κ2) is 11.9. The SMILES string of the molecule is COc1cc(OC)c(C2=C[C@]3(C[C@@H](C(=O)O)N(C(=O)[C@@H](NC(=O)CC4CCCCC4)C(C)(C)C)C3)ON2)cc1Cl.